The van der Waals surface area contributed by atoms with E-state index in [0.717, 1.165) is 92.1 Å². The van der Waals surface area contributed by atoms with Gasteiger partial charge in [0.15, 0.2) is 0 Å². The van der Waals surface area contributed by atoms with Gasteiger partial charge < -0.3 is 29.7 Å². The van der Waals surface area contributed by atoms with Crippen molar-refractivity contribution < 1.29 is 33.4 Å². The number of fused-ring (bicyclic) bond motifs is 3. The van der Waals surface area contributed by atoms with Gasteiger partial charge in [-0.3, -0.25) is 19.1 Å². The minimum Gasteiger partial charge on any atom is -0.497 e. The fraction of sp³-hybridized carbons (Fsp3) is 0.634. The van der Waals surface area contributed by atoms with Crippen molar-refractivity contribution in [3.63, 3.8) is 0 Å². The molecular weight excluding hydrogens is 707 g/mol. The Hall–Kier alpha value is -4.00. The number of allylic oxidation sites excluding steroid dienone is 1. The molecule has 2 aliphatic heterocycles. The third-order valence-corrected chi connectivity index (χ3v) is 12.5. The second-order valence-electron chi connectivity index (χ2n) is 15.6. The van der Waals surface area contributed by atoms with Crippen LogP contribution in [0.5, 0.6) is 11.5 Å². The number of carbonyl (C=O) groups excluding carboxylic acids is 4. The monoisotopic (exact) mass is 763 g/mol. The zero-order valence-corrected chi connectivity index (χ0v) is 33.1. The molecule has 6 rings (SSSR count). The number of rotatable bonds is 16. The molecular formula is C41H57N5O7S. The lowest BCUT2D eigenvalue weighted by Gasteiger charge is -2.36. The second kappa shape index (κ2) is 17.6. The molecule has 294 valence electrons. The maximum Gasteiger partial charge on any atom is 0.407 e. The summed E-state index contributed by atoms with van der Waals surface area (Å²) in [6.45, 7) is 6.12. The third-order valence-electron chi connectivity index (χ3n) is 11.3. The molecule has 1 aromatic heterocycles. The van der Waals surface area contributed by atoms with E-state index in [1.807, 2.05) is 31.2 Å². The molecule has 2 aliphatic carbocycles. The molecule has 2 saturated carbocycles. The first kappa shape index (κ1) is 39.7. The number of ether oxygens (including phenoxy) is 3. The molecule has 2 unspecified atom stereocenters. The number of likely N-dealkylation sites (tertiary alicyclic amines) is 1. The molecule has 4 amide bonds. The summed E-state index contributed by atoms with van der Waals surface area (Å²) in [7, 11) is 1.63. The number of nitrogens with zero attached hydrogens (tertiary/aromatic N) is 2. The first-order chi connectivity index (χ1) is 26.1. The van der Waals surface area contributed by atoms with Crippen LogP contribution in [0.3, 0.4) is 0 Å². The Bertz CT molecular complexity index is 1720. The Balaban J connectivity index is 1.23. The first-order valence-electron chi connectivity index (χ1n) is 19.9. The highest BCUT2D eigenvalue weighted by Gasteiger charge is 2.52. The van der Waals surface area contributed by atoms with Crippen molar-refractivity contribution in [2.45, 2.75) is 146 Å². The highest BCUT2D eigenvalue weighted by molar-refractivity contribution is 7.99. The van der Waals surface area contributed by atoms with E-state index in [4.69, 9.17) is 19.2 Å². The van der Waals surface area contributed by atoms with Crippen LogP contribution in [0.15, 0.2) is 30.4 Å². The van der Waals surface area contributed by atoms with Crippen molar-refractivity contribution in [3.05, 3.63) is 41.6 Å². The Labute approximate surface area is 323 Å². The van der Waals surface area contributed by atoms with Crippen LogP contribution in [-0.4, -0.2) is 82.4 Å². The molecule has 1 saturated heterocycles. The van der Waals surface area contributed by atoms with E-state index < -0.39 is 35.6 Å². The summed E-state index contributed by atoms with van der Waals surface area (Å²) in [5.74, 6) is 0.291. The molecule has 12 nitrogen and oxygen atoms in total. The molecule has 1 spiro atoms. The van der Waals surface area contributed by atoms with Crippen LogP contribution in [0.2, 0.25) is 0 Å². The third kappa shape index (κ3) is 9.62. The maximum absolute atomic E-state index is 14.4. The number of alkyl carbamates (subject to hydrolysis) is 1. The van der Waals surface area contributed by atoms with Crippen LogP contribution < -0.4 is 24.8 Å². The number of nitrogens with one attached hydrogen (secondary N) is 3. The standard InChI is InChI=1S/C41H57N5O7S/c1-5-7-8-9-10-11-16-33(37(48)45-54-40(3)21-22-40)44-38(49)34-24-41(26-46(34)35(47)25-42-39(50)52-27-14-12-13-15-27)20-19-29-30-23-28(51-4)17-18-32(30)43-31(6-2)36(29)53-41/h10-11,17-18,23,27,33-34H,5-9,12-16,19-22,24-26H2,1-4H3,(H,42,50)(H,44,49)(H,45,48)/b11-10-/t33?,34?,41-/m1/s1. The van der Waals surface area contributed by atoms with Gasteiger partial charge in [0.25, 0.3) is 5.91 Å². The highest BCUT2D eigenvalue weighted by atomic mass is 32.2. The van der Waals surface area contributed by atoms with Gasteiger partial charge in [-0.25, -0.2) is 9.78 Å². The molecule has 1 aromatic carbocycles. The Morgan fingerprint density at radius 3 is 2.63 bits per heavy atom. The van der Waals surface area contributed by atoms with Gasteiger partial charge in [0.05, 0.1) is 24.9 Å². The van der Waals surface area contributed by atoms with Gasteiger partial charge >= 0.3 is 6.09 Å². The fourth-order valence-corrected chi connectivity index (χ4v) is 8.53. The SMILES string of the molecule is CCCCC/C=C\CC(NC(=O)C1C[C@]2(CCc3c(c(CC)nc4ccc(OC)cc34)O2)CN1C(=O)CNC(=O)OC1CCCC1)C(=O)NSC1(C)CC1. The quantitative estimate of drug-likeness (QED) is 0.0995. The van der Waals surface area contributed by atoms with E-state index in [1.165, 1.54) is 16.8 Å². The van der Waals surface area contributed by atoms with E-state index in [9.17, 15) is 19.2 Å². The van der Waals surface area contributed by atoms with Crippen molar-refractivity contribution in [2.75, 3.05) is 20.2 Å². The summed E-state index contributed by atoms with van der Waals surface area (Å²) < 4.78 is 21.0. The first-order valence-corrected chi connectivity index (χ1v) is 20.7. The molecule has 13 heteroatoms. The highest BCUT2D eigenvalue weighted by Crippen LogP contribution is 2.47. The minimum atomic E-state index is -0.928. The van der Waals surface area contributed by atoms with Crippen LogP contribution >= 0.6 is 11.9 Å². The molecule has 3 N–H and O–H groups in total. The lowest BCUT2D eigenvalue weighted by Crippen LogP contribution is -2.53. The molecule has 3 atom stereocenters. The van der Waals surface area contributed by atoms with Gasteiger partial charge in [-0.15, -0.1) is 0 Å². The molecule has 4 aliphatic rings. The zero-order chi connectivity index (χ0) is 38.3. The van der Waals surface area contributed by atoms with Gasteiger partial charge in [0.1, 0.15) is 41.8 Å². The molecule has 3 heterocycles. The van der Waals surface area contributed by atoms with E-state index in [2.05, 4.69) is 35.3 Å². The van der Waals surface area contributed by atoms with Crippen LogP contribution in [0.4, 0.5) is 4.79 Å². The number of carbonyl (C=O) groups is 4. The van der Waals surface area contributed by atoms with Crippen molar-refractivity contribution in [2.24, 2.45) is 0 Å². The van der Waals surface area contributed by atoms with Gasteiger partial charge in [-0.2, -0.15) is 0 Å². The predicted octanol–water partition coefficient (Wildman–Crippen LogP) is 6.47. The maximum atomic E-state index is 14.4. The average molecular weight is 764 g/mol. The molecule has 0 bridgehead atoms. The second-order valence-corrected chi connectivity index (χ2v) is 17.0. The summed E-state index contributed by atoms with van der Waals surface area (Å²) in [4.78, 5) is 61.0. The van der Waals surface area contributed by atoms with Crippen molar-refractivity contribution in [3.8, 4) is 11.5 Å². The summed E-state index contributed by atoms with van der Waals surface area (Å²) in [5.41, 5.74) is 1.83. The van der Waals surface area contributed by atoms with Crippen molar-refractivity contribution in [1.82, 2.24) is 25.2 Å². The molecule has 0 radical (unpaired) electrons. The summed E-state index contributed by atoms with van der Waals surface area (Å²) in [6, 6.07) is 4.07. The van der Waals surface area contributed by atoms with E-state index >= 15 is 0 Å². The fourth-order valence-electron chi connectivity index (χ4n) is 7.73. The normalized spacial score (nSPS) is 22.1. The van der Waals surface area contributed by atoms with Crippen molar-refractivity contribution >= 4 is 46.7 Å². The predicted molar refractivity (Wildman–Crippen MR) is 209 cm³/mol. The van der Waals surface area contributed by atoms with E-state index in [-0.39, 0.29) is 36.3 Å². The lowest BCUT2D eigenvalue weighted by molar-refractivity contribution is -0.138. The largest absolute Gasteiger partial charge is 0.497 e. The number of aromatic nitrogens is 1. The molecule has 3 fully saturated rings. The Morgan fingerprint density at radius 1 is 1.11 bits per heavy atom. The number of amides is 4. The van der Waals surface area contributed by atoms with E-state index in [0.29, 0.717) is 31.4 Å². The number of benzene rings is 1. The summed E-state index contributed by atoms with van der Waals surface area (Å²) >= 11 is 1.41. The topological polar surface area (TPSA) is 148 Å². The van der Waals surface area contributed by atoms with Gasteiger partial charge in [0, 0.05) is 22.1 Å². The molecule has 2 aromatic rings. The number of hydrogen-bond donors (Lipinski definition) is 3. The lowest BCUT2D eigenvalue weighted by atomic mass is 9.87. The van der Waals surface area contributed by atoms with Crippen LogP contribution in [0.25, 0.3) is 10.9 Å². The Kier molecular flexibility index (Phi) is 13.0. The molecule has 54 heavy (non-hydrogen) atoms. The van der Waals surface area contributed by atoms with E-state index in [1.54, 1.807) is 7.11 Å². The van der Waals surface area contributed by atoms with Crippen LogP contribution in [0.1, 0.15) is 115 Å². The number of unbranched alkanes of at least 4 members (excludes halogenated alkanes) is 3. The minimum absolute atomic E-state index is 0.0183. The van der Waals surface area contributed by atoms with Crippen molar-refractivity contribution in [1.29, 1.82) is 0 Å². The van der Waals surface area contributed by atoms with Gasteiger partial charge in [-0.1, -0.05) is 38.8 Å². The number of aryl methyl sites for hydroxylation is 2. The average Bonchev–Trinajstić information content (AvgIpc) is 3.50. The Morgan fingerprint density at radius 2 is 1.91 bits per heavy atom. The van der Waals surface area contributed by atoms with Crippen LogP contribution in [-0.2, 0) is 32.0 Å². The number of pyridine rings is 1. The van der Waals surface area contributed by atoms with Gasteiger partial charge in [0.2, 0.25) is 11.8 Å². The smallest absolute Gasteiger partial charge is 0.407 e. The van der Waals surface area contributed by atoms with Gasteiger partial charge in [-0.05, 0) is 114 Å². The number of methoxy groups -OCH3 is 1. The summed E-state index contributed by atoms with van der Waals surface area (Å²) in [6.07, 6.45) is 15.6. The van der Waals surface area contributed by atoms with Crippen LogP contribution in [0, 0.1) is 0 Å². The summed E-state index contributed by atoms with van der Waals surface area (Å²) in [5, 5.41) is 6.59. The zero-order valence-electron chi connectivity index (χ0n) is 32.3. The number of hydrogen-bond acceptors (Lipinski definition) is 9.